The molecule has 2 heterocycles. The topological polar surface area (TPSA) is 104 Å². The van der Waals surface area contributed by atoms with E-state index in [0.717, 1.165) is 0 Å². The molecular formula is C17H16N2O7. The van der Waals surface area contributed by atoms with Crippen LogP contribution in [0, 0.1) is 0 Å². The van der Waals surface area contributed by atoms with Crippen molar-refractivity contribution < 1.29 is 28.7 Å². The van der Waals surface area contributed by atoms with Gasteiger partial charge in [-0.25, -0.2) is 4.79 Å². The fraction of sp³-hybridized carbons (Fsp3) is 0.294. The lowest BCUT2D eigenvalue weighted by atomic mass is 10.2. The van der Waals surface area contributed by atoms with Crippen molar-refractivity contribution in [1.82, 2.24) is 9.63 Å². The summed E-state index contributed by atoms with van der Waals surface area (Å²) in [7, 11) is 1.51. The van der Waals surface area contributed by atoms with Gasteiger partial charge in [-0.05, 0) is 18.2 Å². The van der Waals surface area contributed by atoms with E-state index in [2.05, 4.69) is 4.84 Å². The molecule has 1 aromatic heterocycles. The van der Waals surface area contributed by atoms with Crippen LogP contribution in [0.25, 0.3) is 10.9 Å². The summed E-state index contributed by atoms with van der Waals surface area (Å²) in [5, 5.41) is 0.895. The third-order valence-corrected chi connectivity index (χ3v) is 3.91. The van der Waals surface area contributed by atoms with Crippen LogP contribution in [-0.2, 0) is 25.7 Å². The van der Waals surface area contributed by atoms with Crippen LogP contribution in [-0.4, -0.2) is 41.3 Å². The number of carbonyl (C=O) groups is 3. The highest BCUT2D eigenvalue weighted by Crippen LogP contribution is 2.18. The molecule has 1 aliphatic heterocycles. The molecule has 0 aliphatic carbocycles. The van der Waals surface area contributed by atoms with Crippen LogP contribution in [0.3, 0.4) is 0 Å². The number of carbonyl (C=O) groups excluding carboxylic acids is 3. The minimum atomic E-state index is -1.14. The van der Waals surface area contributed by atoms with Crippen molar-refractivity contribution in [2.24, 2.45) is 0 Å². The molecule has 0 atom stereocenters. The second-order valence-electron chi connectivity index (χ2n) is 5.53. The Morgan fingerprint density at radius 2 is 1.85 bits per heavy atom. The highest BCUT2D eigenvalue weighted by molar-refractivity contribution is 6.01. The van der Waals surface area contributed by atoms with E-state index in [0.29, 0.717) is 21.7 Å². The van der Waals surface area contributed by atoms with E-state index in [9.17, 15) is 19.2 Å². The third kappa shape index (κ3) is 3.51. The van der Waals surface area contributed by atoms with Gasteiger partial charge in [-0.2, -0.15) is 0 Å². The molecule has 136 valence electrons. The second kappa shape index (κ2) is 7.26. The van der Waals surface area contributed by atoms with Crippen molar-refractivity contribution in [2.75, 3.05) is 13.7 Å². The number of methoxy groups -OCH3 is 1. The molecule has 1 aromatic carbocycles. The van der Waals surface area contributed by atoms with Crippen molar-refractivity contribution in [1.29, 1.82) is 0 Å². The van der Waals surface area contributed by atoms with E-state index in [-0.39, 0.29) is 31.4 Å². The number of ether oxygens (including phenoxy) is 2. The predicted octanol–water partition coefficient (Wildman–Crippen LogP) is 1.23. The molecule has 1 aliphatic rings. The van der Waals surface area contributed by atoms with E-state index in [1.165, 1.54) is 13.2 Å². The fourth-order valence-corrected chi connectivity index (χ4v) is 2.60. The number of nitrogens with zero attached hydrogens (tertiary/aromatic N) is 2. The first-order chi connectivity index (χ1) is 12.5. The van der Waals surface area contributed by atoms with E-state index < -0.39 is 18.0 Å². The average molecular weight is 360 g/mol. The number of fused-ring (bicyclic) bond motifs is 1. The maximum absolute atomic E-state index is 12.0. The normalized spacial score (nSPS) is 14.0. The third-order valence-electron chi connectivity index (χ3n) is 3.91. The van der Waals surface area contributed by atoms with Crippen molar-refractivity contribution >= 4 is 28.9 Å². The maximum atomic E-state index is 12.0. The van der Waals surface area contributed by atoms with E-state index in [1.807, 2.05) is 0 Å². The summed E-state index contributed by atoms with van der Waals surface area (Å²) in [6.07, 6.45) is 0.470. The molecule has 1 saturated heterocycles. The number of amides is 2. The number of hydrogen-bond donors (Lipinski definition) is 0. The van der Waals surface area contributed by atoms with Crippen LogP contribution < -0.4 is 10.2 Å². The lowest BCUT2D eigenvalue weighted by Gasteiger charge is -2.14. The predicted molar refractivity (Wildman–Crippen MR) is 88.3 cm³/mol. The van der Waals surface area contributed by atoms with E-state index in [4.69, 9.17) is 9.47 Å². The molecule has 2 aromatic rings. The first-order valence-electron chi connectivity index (χ1n) is 7.87. The van der Waals surface area contributed by atoms with E-state index >= 15 is 0 Å². The van der Waals surface area contributed by atoms with Crippen LogP contribution >= 0.6 is 0 Å². The Morgan fingerprint density at radius 3 is 2.54 bits per heavy atom. The Hall–Kier alpha value is -3.36. The minimum Gasteiger partial charge on any atom is -0.497 e. The Labute approximate surface area is 147 Å². The number of hydroxylamine groups is 2. The molecule has 9 heteroatoms. The zero-order valence-electron chi connectivity index (χ0n) is 14.0. The number of benzene rings is 1. The van der Waals surface area contributed by atoms with Gasteiger partial charge in [0.15, 0.2) is 5.43 Å². The van der Waals surface area contributed by atoms with Gasteiger partial charge in [0, 0.05) is 30.5 Å². The molecule has 0 bridgehead atoms. The van der Waals surface area contributed by atoms with Crippen LogP contribution in [0.4, 0.5) is 4.79 Å². The Bertz CT molecular complexity index is 918. The van der Waals surface area contributed by atoms with Crippen LogP contribution in [0.5, 0.6) is 5.75 Å². The Morgan fingerprint density at radius 1 is 1.12 bits per heavy atom. The van der Waals surface area contributed by atoms with Gasteiger partial charge in [0.1, 0.15) is 12.4 Å². The summed E-state index contributed by atoms with van der Waals surface area (Å²) in [6.45, 7) is 0.180. The summed E-state index contributed by atoms with van der Waals surface area (Å²) >= 11 is 0. The summed E-state index contributed by atoms with van der Waals surface area (Å²) in [5.74, 6) is -0.591. The molecule has 1 fully saturated rings. The van der Waals surface area contributed by atoms with E-state index in [1.54, 1.807) is 29.0 Å². The van der Waals surface area contributed by atoms with Crippen molar-refractivity contribution in [2.45, 2.75) is 19.4 Å². The van der Waals surface area contributed by atoms with Crippen LogP contribution in [0.15, 0.2) is 35.3 Å². The molecule has 26 heavy (non-hydrogen) atoms. The lowest BCUT2D eigenvalue weighted by Crippen LogP contribution is -2.32. The zero-order chi connectivity index (χ0) is 18.7. The largest absolute Gasteiger partial charge is 0.534 e. The first-order valence-corrected chi connectivity index (χ1v) is 7.87. The second-order valence-corrected chi connectivity index (χ2v) is 5.53. The SMILES string of the molecule is COc1ccc2c(c1)c(=O)ccn2CCOC(=O)ON1C(=O)CCC1=O. The molecular weight excluding hydrogens is 344 g/mol. The molecule has 3 rings (SSSR count). The number of hydrogen-bond acceptors (Lipinski definition) is 7. The Balaban J connectivity index is 1.64. The van der Waals surface area contributed by atoms with Crippen LogP contribution in [0.1, 0.15) is 12.8 Å². The number of imide groups is 1. The molecule has 0 saturated carbocycles. The van der Waals surface area contributed by atoms with Gasteiger partial charge in [-0.15, -0.1) is 0 Å². The summed E-state index contributed by atoms with van der Waals surface area (Å²) in [5.41, 5.74) is 0.502. The van der Waals surface area contributed by atoms with Gasteiger partial charge in [0.25, 0.3) is 11.8 Å². The first kappa shape index (κ1) is 17.5. The average Bonchev–Trinajstić information content (AvgIpc) is 2.95. The fourth-order valence-electron chi connectivity index (χ4n) is 2.60. The van der Waals surface area contributed by atoms with Gasteiger partial charge in [0.05, 0.1) is 19.2 Å². The lowest BCUT2D eigenvalue weighted by molar-refractivity contribution is -0.177. The molecule has 0 unspecified atom stereocenters. The molecule has 2 amide bonds. The summed E-state index contributed by atoms with van der Waals surface area (Å²) in [6, 6.07) is 6.49. The highest BCUT2D eigenvalue weighted by atomic mass is 16.8. The number of pyridine rings is 1. The van der Waals surface area contributed by atoms with Crippen molar-refractivity contribution in [3.8, 4) is 5.75 Å². The highest BCUT2D eigenvalue weighted by Gasteiger charge is 2.33. The standard InChI is InChI=1S/C17H16N2O7/c1-24-11-2-3-13-12(10-11)14(20)6-7-18(13)8-9-25-17(23)26-19-15(21)4-5-16(19)22/h2-3,6-7,10H,4-5,8-9H2,1H3. The molecule has 0 N–H and O–H groups in total. The summed E-state index contributed by atoms with van der Waals surface area (Å²) in [4.78, 5) is 51.0. The van der Waals surface area contributed by atoms with Gasteiger partial charge in [0.2, 0.25) is 0 Å². The smallest absolute Gasteiger partial charge is 0.497 e. The van der Waals surface area contributed by atoms with Crippen molar-refractivity contribution in [3.05, 3.63) is 40.7 Å². The number of rotatable bonds is 5. The van der Waals surface area contributed by atoms with Gasteiger partial charge >= 0.3 is 6.16 Å². The van der Waals surface area contributed by atoms with Crippen molar-refractivity contribution in [3.63, 3.8) is 0 Å². The quantitative estimate of drug-likeness (QED) is 0.583. The monoisotopic (exact) mass is 360 g/mol. The van der Waals surface area contributed by atoms with Gasteiger partial charge < -0.3 is 14.0 Å². The molecule has 9 nitrogen and oxygen atoms in total. The Kier molecular flexibility index (Phi) is 4.87. The number of aromatic nitrogens is 1. The molecule has 0 spiro atoms. The van der Waals surface area contributed by atoms with Gasteiger partial charge in [-0.1, -0.05) is 5.06 Å². The summed E-state index contributed by atoms with van der Waals surface area (Å²) < 4.78 is 11.7. The van der Waals surface area contributed by atoms with Crippen LogP contribution in [0.2, 0.25) is 0 Å². The molecule has 0 radical (unpaired) electrons. The van der Waals surface area contributed by atoms with Gasteiger partial charge in [-0.3, -0.25) is 19.2 Å². The minimum absolute atomic E-state index is 0.0129. The maximum Gasteiger partial charge on any atom is 0.534 e. The zero-order valence-corrected chi connectivity index (χ0v) is 14.0.